The molecule has 6 heteroatoms. The number of hydrogen-bond donors (Lipinski definition) is 1. The number of hydrogen-bond acceptors (Lipinski definition) is 5. The second-order valence-electron chi connectivity index (χ2n) is 2.67. The van der Waals surface area contributed by atoms with E-state index in [4.69, 9.17) is 4.74 Å². The molecule has 15 heavy (non-hydrogen) atoms. The van der Waals surface area contributed by atoms with Crippen LogP contribution >= 0.6 is 0 Å². The Labute approximate surface area is 87.6 Å². The van der Waals surface area contributed by atoms with Gasteiger partial charge in [0.1, 0.15) is 6.61 Å². The van der Waals surface area contributed by atoms with Gasteiger partial charge in [-0.2, -0.15) is 0 Å². The molecule has 1 heterocycles. The molecule has 0 saturated heterocycles. The summed E-state index contributed by atoms with van der Waals surface area (Å²) >= 11 is 0. The number of methoxy groups -OCH3 is 1. The lowest BCUT2D eigenvalue weighted by Crippen LogP contribution is -2.17. The molecular weight excluding hydrogens is 198 g/mol. The van der Waals surface area contributed by atoms with Gasteiger partial charge in [0.25, 0.3) is 0 Å². The van der Waals surface area contributed by atoms with Crippen LogP contribution in [0.25, 0.3) is 0 Å². The lowest BCUT2D eigenvalue weighted by atomic mass is 10.5. The van der Waals surface area contributed by atoms with Gasteiger partial charge in [-0.3, -0.25) is 4.79 Å². The van der Waals surface area contributed by atoms with Gasteiger partial charge in [-0.1, -0.05) is 0 Å². The van der Waals surface area contributed by atoms with E-state index >= 15 is 0 Å². The molecule has 0 aromatic carbocycles. The monoisotopic (exact) mass is 211 g/mol. The van der Waals surface area contributed by atoms with Gasteiger partial charge in [-0.15, -0.1) is 0 Å². The highest BCUT2D eigenvalue weighted by atomic mass is 16.5. The van der Waals surface area contributed by atoms with Crippen molar-refractivity contribution in [3.05, 3.63) is 12.4 Å². The van der Waals surface area contributed by atoms with Crippen molar-refractivity contribution < 1.29 is 14.3 Å². The Bertz CT molecular complexity index is 313. The number of ether oxygens (including phenoxy) is 2. The number of anilines is 1. The smallest absolute Gasteiger partial charge is 0.316 e. The number of aromatic nitrogens is 2. The quantitative estimate of drug-likeness (QED) is 0.765. The van der Waals surface area contributed by atoms with E-state index in [1.54, 1.807) is 0 Å². The molecule has 0 spiro atoms. The van der Waals surface area contributed by atoms with Gasteiger partial charge in [0.05, 0.1) is 24.7 Å². The Hall–Kier alpha value is -1.69. The average molecular weight is 211 g/mol. The zero-order valence-corrected chi connectivity index (χ0v) is 8.69. The van der Waals surface area contributed by atoms with E-state index in [0.717, 1.165) is 0 Å². The summed E-state index contributed by atoms with van der Waals surface area (Å²) in [6.07, 6.45) is 2.96. The summed E-state index contributed by atoms with van der Waals surface area (Å²) in [6.45, 7) is 2.36. The SMILES string of the molecule is CCOc1ncc(NC(=O)COC)cn1. The predicted octanol–water partition coefficient (Wildman–Crippen LogP) is 0.460. The number of carbonyl (C=O) groups excluding carboxylic acids is 1. The first-order valence-electron chi connectivity index (χ1n) is 4.50. The largest absolute Gasteiger partial charge is 0.464 e. The molecular formula is C9H13N3O3. The van der Waals surface area contributed by atoms with Crippen molar-refractivity contribution in [2.45, 2.75) is 6.92 Å². The van der Waals surface area contributed by atoms with Crippen LogP contribution in [0.5, 0.6) is 6.01 Å². The van der Waals surface area contributed by atoms with Crippen LogP contribution in [0.15, 0.2) is 12.4 Å². The average Bonchev–Trinajstić information content (AvgIpc) is 2.22. The third-order valence-electron chi connectivity index (χ3n) is 1.46. The Morgan fingerprint density at radius 1 is 1.47 bits per heavy atom. The molecule has 1 rings (SSSR count). The van der Waals surface area contributed by atoms with Gasteiger partial charge in [0.2, 0.25) is 5.91 Å². The predicted molar refractivity (Wildman–Crippen MR) is 53.7 cm³/mol. The van der Waals surface area contributed by atoms with Gasteiger partial charge in [0, 0.05) is 7.11 Å². The third-order valence-corrected chi connectivity index (χ3v) is 1.46. The van der Waals surface area contributed by atoms with Crippen LogP contribution in [0, 0.1) is 0 Å². The van der Waals surface area contributed by atoms with Gasteiger partial charge < -0.3 is 14.8 Å². The van der Waals surface area contributed by atoms with Gasteiger partial charge in [-0.05, 0) is 6.92 Å². The van der Waals surface area contributed by atoms with Gasteiger partial charge >= 0.3 is 6.01 Å². The van der Waals surface area contributed by atoms with E-state index in [1.165, 1.54) is 19.5 Å². The fraction of sp³-hybridized carbons (Fsp3) is 0.444. The number of carbonyl (C=O) groups is 1. The molecule has 0 bridgehead atoms. The lowest BCUT2D eigenvalue weighted by molar-refractivity contribution is -0.119. The van der Waals surface area contributed by atoms with Crippen molar-refractivity contribution in [3.63, 3.8) is 0 Å². The molecule has 0 radical (unpaired) electrons. The molecule has 0 atom stereocenters. The topological polar surface area (TPSA) is 73.3 Å². The van der Waals surface area contributed by atoms with E-state index in [2.05, 4.69) is 20.0 Å². The van der Waals surface area contributed by atoms with Crippen LogP contribution in [0.2, 0.25) is 0 Å². The highest BCUT2D eigenvalue weighted by Crippen LogP contribution is 2.06. The van der Waals surface area contributed by atoms with E-state index in [1.807, 2.05) is 6.92 Å². The second-order valence-corrected chi connectivity index (χ2v) is 2.67. The first-order chi connectivity index (χ1) is 7.26. The maximum Gasteiger partial charge on any atom is 0.316 e. The molecule has 1 N–H and O–H groups in total. The van der Waals surface area contributed by atoms with Crippen molar-refractivity contribution in [2.24, 2.45) is 0 Å². The Kier molecular flexibility index (Phi) is 4.49. The fourth-order valence-corrected chi connectivity index (χ4v) is 0.913. The molecule has 0 unspecified atom stereocenters. The van der Waals surface area contributed by atoms with Gasteiger partial charge in [-0.25, -0.2) is 9.97 Å². The first-order valence-corrected chi connectivity index (χ1v) is 4.50. The number of rotatable bonds is 5. The number of nitrogens with one attached hydrogen (secondary N) is 1. The van der Waals surface area contributed by atoms with Crippen molar-refractivity contribution in [2.75, 3.05) is 25.6 Å². The Balaban J connectivity index is 2.52. The molecule has 1 amide bonds. The zero-order valence-electron chi connectivity index (χ0n) is 8.69. The molecule has 0 saturated carbocycles. The zero-order chi connectivity index (χ0) is 11.1. The first kappa shape index (κ1) is 11.4. The molecule has 0 fully saturated rings. The minimum atomic E-state index is -0.245. The van der Waals surface area contributed by atoms with Gasteiger partial charge in [0.15, 0.2) is 0 Å². The van der Waals surface area contributed by atoms with Crippen LogP contribution in [-0.2, 0) is 9.53 Å². The van der Waals surface area contributed by atoms with E-state index in [9.17, 15) is 4.79 Å². The van der Waals surface area contributed by atoms with Crippen molar-refractivity contribution in [1.29, 1.82) is 0 Å². The fourth-order valence-electron chi connectivity index (χ4n) is 0.913. The van der Waals surface area contributed by atoms with Crippen LogP contribution in [0.1, 0.15) is 6.92 Å². The van der Waals surface area contributed by atoms with Crippen LogP contribution < -0.4 is 10.1 Å². The number of amides is 1. The second kappa shape index (κ2) is 5.92. The van der Waals surface area contributed by atoms with Crippen molar-refractivity contribution in [3.8, 4) is 6.01 Å². The van der Waals surface area contributed by atoms with Crippen LogP contribution in [0.3, 0.4) is 0 Å². The summed E-state index contributed by atoms with van der Waals surface area (Å²) in [7, 11) is 1.45. The summed E-state index contributed by atoms with van der Waals surface area (Å²) < 4.78 is 9.71. The molecule has 6 nitrogen and oxygen atoms in total. The van der Waals surface area contributed by atoms with Crippen molar-refractivity contribution >= 4 is 11.6 Å². The molecule has 1 aromatic heterocycles. The molecule has 82 valence electrons. The normalized spacial score (nSPS) is 9.73. The Morgan fingerprint density at radius 3 is 2.67 bits per heavy atom. The maximum absolute atomic E-state index is 11.1. The van der Waals surface area contributed by atoms with E-state index in [0.29, 0.717) is 18.3 Å². The number of nitrogens with zero attached hydrogens (tertiary/aromatic N) is 2. The van der Waals surface area contributed by atoms with E-state index < -0.39 is 0 Å². The summed E-state index contributed by atoms with van der Waals surface area (Å²) in [5.41, 5.74) is 0.514. The van der Waals surface area contributed by atoms with Crippen molar-refractivity contribution in [1.82, 2.24) is 9.97 Å². The molecule has 0 aliphatic carbocycles. The summed E-state index contributed by atoms with van der Waals surface area (Å²) in [5, 5.41) is 2.57. The minimum Gasteiger partial charge on any atom is -0.464 e. The Morgan fingerprint density at radius 2 is 2.13 bits per heavy atom. The summed E-state index contributed by atoms with van der Waals surface area (Å²) in [6, 6.07) is 0.294. The van der Waals surface area contributed by atoms with E-state index in [-0.39, 0.29) is 12.5 Å². The minimum absolute atomic E-state index is 0.00715. The van der Waals surface area contributed by atoms with Crippen LogP contribution in [-0.4, -0.2) is 36.2 Å². The standard InChI is InChI=1S/C9H13N3O3/c1-3-15-9-10-4-7(5-11-9)12-8(13)6-14-2/h4-5H,3,6H2,1-2H3,(H,12,13). The molecule has 0 aliphatic rings. The highest BCUT2D eigenvalue weighted by Gasteiger charge is 2.02. The van der Waals surface area contributed by atoms with Crippen LogP contribution in [0.4, 0.5) is 5.69 Å². The third kappa shape index (κ3) is 3.90. The summed E-state index contributed by atoms with van der Waals surface area (Å²) in [5.74, 6) is -0.245. The maximum atomic E-state index is 11.1. The molecule has 0 aliphatic heterocycles. The lowest BCUT2D eigenvalue weighted by Gasteiger charge is -2.04. The highest BCUT2D eigenvalue weighted by molar-refractivity contribution is 5.91. The molecule has 1 aromatic rings. The summed E-state index contributed by atoms with van der Waals surface area (Å²) in [4.78, 5) is 18.9.